The van der Waals surface area contributed by atoms with Crippen LogP contribution in [0.1, 0.15) is 6.42 Å². The molecular formula is C5H12O5. The molecule has 5 N–H and O–H groups in total. The molecule has 0 heterocycles. The van der Waals surface area contributed by atoms with E-state index in [-0.39, 0.29) is 6.42 Å². The first-order chi connectivity index (χ1) is 4.57. The highest BCUT2D eigenvalue weighted by molar-refractivity contribution is 4.65. The second kappa shape index (κ2) is 4.59. The normalized spacial score (nSPS) is 17.4. The van der Waals surface area contributed by atoms with E-state index in [1.807, 2.05) is 0 Å². The van der Waals surface area contributed by atoms with Gasteiger partial charge in [0.2, 0.25) is 0 Å². The molecule has 0 aliphatic carbocycles. The first kappa shape index (κ1) is 9.80. The lowest BCUT2D eigenvalue weighted by Crippen LogP contribution is -2.32. The van der Waals surface area contributed by atoms with Crippen molar-refractivity contribution in [2.75, 3.05) is 6.61 Å². The maximum absolute atomic E-state index is 8.76. The van der Waals surface area contributed by atoms with Crippen LogP contribution in [0, 0.1) is 0 Å². The van der Waals surface area contributed by atoms with Gasteiger partial charge in [0, 0.05) is 6.42 Å². The fraction of sp³-hybridized carbons (Fsp3) is 1.00. The van der Waals surface area contributed by atoms with Crippen molar-refractivity contribution in [3.63, 3.8) is 0 Å². The molecule has 0 fully saturated rings. The van der Waals surface area contributed by atoms with E-state index in [0.29, 0.717) is 0 Å². The standard InChI is InChI=1S/C5H12O5/c6-2-4(8)3(7)1-5(9)10/h3-10H,1-2H2. The molecule has 0 amide bonds. The van der Waals surface area contributed by atoms with Crippen LogP contribution in [-0.4, -0.2) is 50.6 Å². The molecule has 0 bridgehead atoms. The lowest BCUT2D eigenvalue weighted by Gasteiger charge is -2.15. The summed E-state index contributed by atoms with van der Waals surface area (Å²) in [5, 5.41) is 42.2. The first-order valence-corrected chi connectivity index (χ1v) is 2.91. The third-order valence-corrected chi connectivity index (χ3v) is 1.08. The Morgan fingerprint density at radius 3 is 1.70 bits per heavy atom. The molecule has 0 aliphatic rings. The van der Waals surface area contributed by atoms with Crippen LogP contribution in [0.4, 0.5) is 0 Å². The summed E-state index contributed by atoms with van der Waals surface area (Å²) in [6.07, 6.45) is -4.61. The van der Waals surface area contributed by atoms with Crippen LogP contribution in [0.15, 0.2) is 0 Å². The molecule has 2 atom stereocenters. The Kier molecular flexibility index (Phi) is 4.50. The average molecular weight is 152 g/mol. The second-order valence-electron chi connectivity index (χ2n) is 2.03. The summed E-state index contributed by atoms with van der Waals surface area (Å²) in [6.45, 7) is -0.589. The third kappa shape index (κ3) is 3.76. The van der Waals surface area contributed by atoms with E-state index in [2.05, 4.69) is 0 Å². The van der Waals surface area contributed by atoms with Gasteiger partial charge < -0.3 is 25.5 Å². The SMILES string of the molecule is OCC(O)C(O)CC(O)O. The van der Waals surface area contributed by atoms with Crippen LogP contribution in [0.2, 0.25) is 0 Å². The smallest absolute Gasteiger partial charge is 0.154 e. The topological polar surface area (TPSA) is 101 Å². The van der Waals surface area contributed by atoms with Gasteiger partial charge in [-0.25, -0.2) is 0 Å². The Morgan fingerprint density at radius 2 is 1.40 bits per heavy atom. The molecule has 0 aromatic carbocycles. The summed E-state index contributed by atoms with van der Waals surface area (Å²) < 4.78 is 0. The zero-order valence-corrected chi connectivity index (χ0v) is 5.38. The highest BCUT2D eigenvalue weighted by atomic mass is 16.5. The van der Waals surface area contributed by atoms with Crippen LogP contribution >= 0.6 is 0 Å². The molecule has 62 valence electrons. The molecule has 0 aromatic rings. The van der Waals surface area contributed by atoms with Crippen molar-refractivity contribution in [2.24, 2.45) is 0 Å². The highest BCUT2D eigenvalue weighted by Gasteiger charge is 2.17. The number of aliphatic hydroxyl groups excluding tert-OH is 4. The molecule has 10 heavy (non-hydrogen) atoms. The number of hydrogen-bond donors (Lipinski definition) is 5. The summed E-state index contributed by atoms with van der Waals surface area (Å²) in [5.41, 5.74) is 0. The molecule has 0 rings (SSSR count). The Hall–Kier alpha value is -0.200. The van der Waals surface area contributed by atoms with Crippen molar-refractivity contribution in [2.45, 2.75) is 24.9 Å². The van der Waals surface area contributed by atoms with E-state index in [1.165, 1.54) is 0 Å². The van der Waals surface area contributed by atoms with E-state index in [0.717, 1.165) is 0 Å². The minimum absolute atomic E-state index is 0.359. The fourth-order valence-corrected chi connectivity index (χ4v) is 0.495. The number of aliphatic hydroxyl groups is 5. The van der Waals surface area contributed by atoms with Gasteiger partial charge in [0.05, 0.1) is 12.7 Å². The molecule has 0 radical (unpaired) electrons. The second-order valence-corrected chi connectivity index (χ2v) is 2.03. The average Bonchev–Trinajstić information content (AvgIpc) is 1.85. The van der Waals surface area contributed by atoms with Crippen molar-refractivity contribution < 1.29 is 25.5 Å². The highest BCUT2D eigenvalue weighted by Crippen LogP contribution is 2.00. The van der Waals surface area contributed by atoms with Gasteiger partial charge in [0.25, 0.3) is 0 Å². The predicted octanol–water partition coefficient (Wildman–Crippen LogP) is -2.60. The van der Waals surface area contributed by atoms with Gasteiger partial charge in [-0.2, -0.15) is 0 Å². The lowest BCUT2D eigenvalue weighted by atomic mass is 10.1. The molecular weight excluding hydrogens is 140 g/mol. The predicted molar refractivity (Wildman–Crippen MR) is 31.9 cm³/mol. The van der Waals surface area contributed by atoms with Gasteiger partial charge in [0.15, 0.2) is 6.29 Å². The molecule has 0 saturated carbocycles. The zero-order chi connectivity index (χ0) is 8.15. The van der Waals surface area contributed by atoms with E-state index in [1.54, 1.807) is 0 Å². The zero-order valence-electron chi connectivity index (χ0n) is 5.38. The summed E-state index contributed by atoms with van der Waals surface area (Å²) >= 11 is 0. The molecule has 2 unspecified atom stereocenters. The van der Waals surface area contributed by atoms with Gasteiger partial charge in [-0.15, -0.1) is 0 Å². The Morgan fingerprint density at radius 1 is 0.900 bits per heavy atom. The lowest BCUT2D eigenvalue weighted by molar-refractivity contribution is -0.0991. The molecule has 0 spiro atoms. The minimum Gasteiger partial charge on any atom is -0.394 e. The third-order valence-electron chi connectivity index (χ3n) is 1.08. The quantitative estimate of drug-likeness (QED) is 0.284. The number of hydrogen-bond acceptors (Lipinski definition) is 5. The van der Waals surface area contributed by atoms with E-state index < -0.39 is 25.1 Å². The summed E-state index contributed by atoms with van der Waals surface area (Å²) in [6, 6.07) is 0. The van der Waals surface area contributed by atoms with Gasteiger partial charge in [-0.1, -0.05) is 0 Å². The largest absolute Gasteiger partial charge is 0.394 e. The van der Waals surface area contributed by atoms with Crippen LogP contribution in [-0.2, 0) is 0 Å². The summed E-state index contributed by atoms with van der Waals surface area (Å²) in [7, 11) is 0. The van der Waals surface area contributed by atoms with Crippen LogP contribution < -0.4 is 0 Å². The van der Waals surface area contributed by atoms with Crippen LogP contribution in [0.5, 0.6) is 0 Å². The van der Waals surface area contributed by atoms with Crippen molar-refractivity contribution in [3.05, 3.63) is 0 Å². The van der Waals surface area contributed by atoms with Gasteiger partial charge in [-0.05, 0) is 0 Å². The molecule has 0 aromatic heterocycles. The summed E-state index contributed by atoms with van der Waals surface area (Å²) in [5.74, 6) is 0. The Bertz CT molecular complexity index is 84.1. The fourth-order valence-electron chi connectivity index (χ4n) is 0.495. The van der Waals surface area contributed by atoms with Crippen molar-refractivity contribution in [1.29, 1.82) is 0 Å². The maximum atomic E-state index is 8.76. The Labute approximate surface area is 58.2 Å². The van der Waals surface area contributed by atoms with Crippen molar-refractivity contribution in [3.8, 4) is 0 Å². The van der Waals surface area contributed by atoms with Crippen LogP contribution in [0.3, 0.4) is 0 Å². The van der Waals surface area contributed by atoms with Crippen molar-refractivity contribution in [1.82, 2.24) is 0 Å². The Balaban J connectivity index is 3.50. The maximum Gasteiger partial charge on any atom is 0.154 e. The van der Waals surface area contributed by atoms with E-state index in [9.17, 15) is 0 Å². The summed E-state index contributed by atoms with van der Waals surface area (Å²) in [4.78, 5) is 0. The van der Waals surface area contributed by atoms with Crippen molar-refractivity contribution >= 4 is 0 Å². The van der Waals surface area contributed by atoms with E-state index in [4.69, 9.17) is 25.5 Å². The van der Waals surface area contributed by atoms with Gasteiger partial charge in [0.1, 0.15) is 6.10 Å². The molecule has 0 saturated heterocycles. The van der Waals surface area contributed by atoms with Gasteiger partial charge >= 0.3 is 0 Å². The minimum atomic E-state index is -1.66. The molecule has 0 aliphatic heterocycles. The number of rotatable bonds is 4. The van der Waals surface area contributed by atoms with Gasteiger partial charge in [-0.3, -0.25) is 0 Å². The first-order valence-electron chi connectivity index (χ1n) is 2.91. The van der Waals surface area contributed by atoms with Crippen LogP contribution in [0.25, 0.3) is 0 Å². The molecule has 5 nitrogen and oxygen atoms in total. The van der Waals surface area contributed by atoms with E-state index >= 15 is 0 Å². The molecule has 5 heteroatoms. The monoisotopic (exact) mass is 152 g/mol.